The third-order valence-electron chi connectivity index (χ3n) is 4.86. The molecule has 0 amide bonds. The third kappa shape index (κ3) is 5.82. The summed E-state index contributed by atoms with van der Waals surface area (Å²) in [5.74, 6) is 0.831. The molecule has 1 aromatic rings. The van der Waals surface area contributed by atoms with Crippen molar-refractivity contribution >= 4 is 0 Å². The topological polar surface area (TPSA) is 32.7 Å². The molecule has 0 radical (unpaired) electrons. The number of hydrogen-bond donors (Lipinski definition) is 1. The molecule has 0 aromatic heterocycles. The van der Waals surface area contributed by atoms with Crippen LogP contribution in [0.25, 0.3) is 0 Å². The van der Waals surface area contributed by atoms with E-state index < -0.39 is 6.10 Å². The Balaban J connectivity index is 1.76. The lowest BCUT2D eigenvalue weighted by Gasteiger charge is -2.32. The van der Waals surface area contributed by atoms with Crippen LogP contribution in [0.5, 0.6) is 5.75 Å². The molecule has 0 spiro atoms. The van der Waals surface area contributed by atoms with Crippen LogP contribution in [0.15, 0.2) is 24.3 Å². The van der Waals surface area contributed by atoms with Crippen LogP contribution in [0.4, 0.5) is 0 Å². The summed E-state index contributed by atoms with van der Waals surface area (Å²) in [5, 5.41) is 10.2. The zero-order valence-corrected chi connectivity index (χ0v) is 15.2. The van der Waals surface area contributed by atoms with E-state index >= 15 is 0 Å². The van der Waals surface area contributed by atoms with E-state index in [0.717, 1.165) is 5.75 Å². The van der Waals surface area contributed by atoms with Crippen LogP contribution in [0.3, 0.4) is 0 Å². The van der Waals surface area contributed by atoms with Gasteiger partial charge in [-0.25, -0.2) is 0 Å². The average Bonchev–Trinajstić information content (AvgIpc) is 2.53. The van der Waals surface area contributed by atoms with Crippen molar-refractivity contribution < 1.29 is 9.84 Å². The minimum Gasteiger partial charge on any atom is -0.491 e. The van der Waals surface area contributed by atoms with Crippen LogP contribution in [0, 0.1) is 0 Å². The normalized spacial score (nSPS) is 18.2. The van der Waals surface area contributed by atoms with Gasteiger partial charge in [-0.15, -0.1) is 0 Å². The van der Waals surface area contributed by atoms with E-state index in [-0.39, 0.29) is 5.41 Å². The van der Waals surface area contributed by atoms with E-state index in [0.29, 0.717) is 19.2 Å². The lowest BCUT2D eigenvalue weighted by molar-refractivity contribution is 0.0561. The van der Waals surface area contributed by atoms with E-state index in [1.807, 2.05) is 12.1 Å². The molecule has 1 fully saturated rings. The first-order valence-corrected chi connectivity index (χ1v) is 8.98. The second-order valence-corrected chi connectivity index (χ2v) is 7.97. The molecular weight excluding hydrogens is 286 g/mol. The minimum absolute atomic E-state index is 0.154. The molecule has 1 aliphatic carbocycles. The van der Waals surface area contributed by atoms with Crippen LogP contribution in [0.1, 0.15) is 58.4 Å². The van der Waals surface area contributed by atoms with Crippen molar-refractivity contribution in [3.05, 3.63) is 29.8 Å². The van der Waals surface area contributed by atoms with Gasteiger partial charge in [0.25, 0.3) is 0 Å². The molecule has 1 aliphatic rings. The van der Waals surface area contributed by atoms with Gasteiger partial charge in [-0.05, 0) is 43.0 Å². The maximum atomic E-state index is 10.2. The Labute approximate surface area is 141 Å². The smallest absolute Gasteiger partial charge is 0.119 e. The Hall–Kier alpha value is -1.06. The Kier molecular flexibility index (Phi) is 6.49. The van der Waals surface area contributed by atoms with Crippen LogP contribution in [-0.2, 0) is 5.41 Å². The van der Waals surface area contributed by atoms with Gasteiger partial charge in [0.2, 0.25) is 0 Å². The van der Waals surface area contributed by atoms with Crippen LogP contribution in [0.2, 0.25) is 0 Å². The fourth-order valence-corrected chi connectivity index (χ4v) is 3.30. The fourth-order valence-electron chi connectivity index (χ4n) is 3.30. The SMILES string of the molecule is CN(C[C@@H](O)COc1ccc(C(C)(C)C)cc1)C1CCCCC1. The zero-order valence-electron chi connectivity index (χ0n) is 15.2. The van der Waals surface area contributed by atoms with Gasteiger partial charge in [0.05, 0.1) is 0 Å². The molecule has 1 N–H and O–H groups in total. The van der Waals surface area contributed by atoms with E-state index in [1.54, 1.807) is 0 Å². The number of aliphatic hydroxyl groups is 1. The van der Waals surface area contributed by atoms with E-state index in [4.69, 9.17) is 4.74 Å². The summed E-state index contributed by atoms with van der Waals surface area (Å²) in [6.45, 7) is 7.64. The molecule has 0 unspecified atom stereocenters. The largest absolute Gasteiger partial charge is 0.491 e. The number of likely N-dealkylation sites (N-methyl/N-ethyl adjacent to an activating group) is 1. The summed E-state index contributed by atoms with van der Waals surface area (Å²) >= 11 is 0. The molecule has 1 atom stereocenters. The van der Waals surface area contributed by atoms with Crippen LogP contribution >= 0.6 is 0 Å². The Bertz CT molecular complexity index is 458. The van der Waals surface area contributed by atoms with Crippen molar-refractivity contribution in [2.24, 2.45) is 0 Å². The Morgan fingerprint density at radius 2 is 1.74 bits per heavy atom. The molecule has 2 rings (SSSR count). The first kappa shape index (κ1) is 18.3. The maximum absolute atomic E-state index is 10.2. The first-order valence-electron chi connectivity index (χ1n) is 8.98. The monoisotopic (exact) mass is 319 g/mol. The van der Waals surface area contributed by atoms with Crippen molar-refractivity contribution in [3.63, 3.8) is 0 Å². The number of rotatable bonds is 6. The summed E-state index contributed by atoms with van der Waals surface area (Å²) in [5.41, 5.74) is 1.45. The van der Waals surface area contributed by atoms with Crippen LogP contribution in [-0.4, -0.2) is 42.4 Å². The van der Waals surface area contributed by atoms with E-state index in [1.165, 1.54) is 37.7 Å². The van der Waals surface area contributed by atoms with Crippen molar-refractivity contribution in [1.29, 1.82) is 0 Å². The summed E-state index contributed by atoms with van der Waals surface area (Å²) in [4.78, 5) is 2.30. The highest BCUT2D eigenvalue weighted by atomic mass is 16.5. The Morgan fingerprint density at radius 3 is 2.30 bits per heavy atom. The molecule has 0 heterocycles. The van der Waals surface area contributed by atoms with Gasteiger partial charge in [-0.3, -0.25) is 0 Å². The molecule has 1 saturated carbocycles. The van der Waals surface area contributed by atoms with Crippen molar-refractivity contribution in [3.8, 4) is 5.75 Å². The van der Waals surface area contributed by atoms with E-state index in [9.17, 15) is 5.11 Å². The summed E-state index contributed by atoms with van der Waals surface area (Å²) < 4.78 is 5.75. The molecule has 23 heavy (non-hydrogen) atoms. The number of nitrogens with zero attached hydrogens (tertiary/aromatic N) is 1. The molecule has 3 heteroatoms. The lowest BCUT2D eigenvalue weighted by Crippen LogP contribution is -2.40. The second kappa shape index (κ2) is 8.16. The molecule has 0 aliphatic heterocycles. The van der Waals surface area contributed by atoms with Crippen LogP contribution < -0.4 is 4.74 Å². The molecule has 0 bridgehead atoms. The van der Waals surface area contributed by atoms with Gasteiger partial charge in [0.15, 0.2) is 0 Å². The minimum atomic E-state index is -0.441. The van der Waals surface area contributed by atoms with Gasteiger partial charge in [0, 0.05) is 12.6 Å². The summed E-state index contributed by atoms with van der Waals surface area (Å²) in [7, 11) is 2.12. The van der Waals surface area contributed by atoms with Crippen molar-refractivity contribution in [2.45, 2.75) is 70.4 Å². The maximum Gasteiger partial charge on any atom is 0.119 e. The highest BCUT2D eigenvalue weighted by molar-refractivity contribution is 5.31. The first-order chi connectivity index (χ1) is 10.9. The van der Waals surface area contributed by atoms with E-state index in [2.05, 4.69) is 44.9 Å². The van der Waals surface area contributed by atoms with Gasteiger partial charge in [-0.2, -0.15) is 0 Å². The summed E-state index contributed by atoms with van der Waals surface area (Å²) in [6.07, 6.45) is 6.09. The number of ether oxygens (including phenoxy) is 1. The quantitative estimate of drug-likeness (QED) is 0.860. The van der Waals surface area contributed by atoms with Gasteiger partial charge in [0.1, 0.15) is 18.5 Å². The van der Waals surface area contributed by atoms with Crippen molar-refractivity contribution in [2.75, 3.05) is 20.2 Å². The zero-order chi connectivity index (χ0) is 16.9. The highest BCUT2D eigenvalue weighted by Gasteiger charge is 2.20. The summed E-state index contributed by atoms with van der Waals surface area (Å²) in [6, 6.07) is 8.84. The third-order valence-corrected chi connectivity index (χ3v) is 4.86. The van der Waals surface area contributed by atoms with Gasteiger partial charge < -0.3 is 14.7 Å². The van der Waals surface area contributed by atoms with Gasteiger partial charge in [-0.1, -0.05) is 52.2 Å². The van der Waals surface area contributed by atoms with Crippen molar-refractivity contribution in [1.82, 2.24) is 4.90 Å². The second-order valence-electron chi connectivity index (χ2n) is 7.97. The highest BCUT2D eigenvalue weighted by Crippen LogP contribution is 2.24. The fraction of sp³-hybridized carbons (Fsp3) is 0.700. The molecule has 1 aromatic carbocycles. The molecular formula is C20H33NO2. The number of aliphatic hydroxyl groups excluding tert-OH is 1. The molecule has 130 valence electrons. The lowest BCUT2D eigenvalue weighted by atomic mass is 9.87. The Morgan fingerprint density at radius 1 is 1.13 bits per heavy atom. The average molecular weight is 319 g/mol. The standard InChI is InChI=1S/C20H33NO2/c1-20(2,3)16-10-12-19(13-11-16)23-15-18(22)14-21(4)17-8-6-5-7-9-17/h10-13,17-18,22H,5-9,14-15H2,1-4H3/t18-/m1/s1. The predicted octanol–water partition coefficient (Wildman–Crippen LogP) is 3.99. The van der Waals surface area contributed by atoms with Gasteiger partial charge >= 0.3 is 0 Å². The molecule has 3 nitrogen and oxygen atoms in total. The number of hydrogen-bond acceptors (Lipinski definition) is 3. The number of benzene rings is 1. The predicted molar refractivity (Wildman–Crippen MR) is 96.1 cm³/mol. The molecule has 0 saturated heterocycles.